The first-order chi connectivity index (χ1) is 15.3. The number of furan rings is 1. The minimum absolute atomic E-state index is 0.0821. The van der Waals surface area contributed by atoms with Gasteiger partial charge in [-0.25, -0.2) is 4.68 Å². The maximum absolute atomic E-state index is 12.9. The van der Waals surface area contributed by atoms with Crippen LogP contribution in [0.15, 0.2) is 101 Å². The molecule has 0 amide bonds. The van der Waals surface area contributed by atoms with E-state index in [2.05, 4.69) is 0 Å². The van der Waals surface area contributed by atoms with E-state index in [1.54, 1.807) is 0 Å². The third kappa shape index (κ3) is 3.01. The Labute approximate surface area is 179 Å². The first kappa shape index (κ1) is 17.7. The van der Waals surface area contributed by atoms with E-state index in [1.807, 2.05) is 102 Å². The van der Waals surface area contributed by atoms with Crippen LogP contribution in [0.1, 0.15) is 21.5 Å². The molecule has 0 N–H and O–H groups in total. The third-order valence-corrected chi connectivity index (χ3v) is 5.69. The molecule has 6 rings (SSSR count). The number of para-hydroxylation sites is 2. The Kier molecular flexibility index (Phi) is 3.96. The van der Waals surface area contributed by atoms with Crippen molar-refractivity contribution in [3.8, 4) is 17.1 Å². The highest BCUT2D eigenvalue weighted by molar-refractivity contribution is 6.15. The largest absolute Gasteiger partial charge is 0.454 e. The fraction of sp³-hybridized carbons (Fsp3) is 0.0370. The SMILES string of the molecule is O=C1/C(=C/c2cn(-c3ccccc3)nc2-c2cc3ccccc3o2)Cc2ccccc21. The summed E-state index contributed by atoms with van der Waals surface area (Å²) in [5, 5.41) is 5.85. The molecule has 148 valence electrons. The van der Waals surface area contributed by atoms with E-state index >= 15 is 0 Å². The van der Waals surface area contributed by atoms with Gasteiger partial charge in [0.15, 0.2) is 11.5 Å². The van der Waals surface area contributed by atoms with E-state index in [1.165, 1.54) is 0 Å². The third-order valence-electron chi connectivity index (χ3n) is 5.69. The molecule has 2 heterocycles. The number of allylic oxidation sites excluding steroid dienone is 1. The molecule has 0 spiro atoms. The monoisotopic (exact) mass is 402 g/mol. The van der Waals surface area contributed by atoms with E-state index in [-0.39, 0.29) is 5.78 Å². The lowest BCUT2D eigenvalue weighted by Crippen LogP contribution is -1.95. The molecule has 31 heavy (non-hydrogen) atoms. The number of nitrogens with zero attached hydrogens (tertiary/aromatic N) is 2. The van der Waals surface area contributed by atoms with Crippen molar-refractivity contribution in [2.45, 2.75) is 6.42 Å². The maximum Gasteiger partial charge on any atom is 0.189 e. The molecule has 0 unspecified atom stereocenters. The summed E-state index contributed by atoms with van der Waals surface area (Å²) in [4.78, 5) is 12.9. The number of hydrogen-bond donors (Lipinski definition) is 0. The van der Waals surface area contributed by atoms with E-state index in [0.717, 1.165) is 44.6 Å². The van der Waals surface area contributed by atoms with Gasteiger partial charge in [-0.15, -0.1) is 0 Å². The summed E-state index contributed by atoms with van der Waals surface area (Å²) in [5.41, 5.74) is 5.97. The van der Waals surface area contributed by atoms with Crippen molar-refractivity contribution in [1.82, 2.24) is 9.78 Å². The van der Waals surface area contributed by atoms with Crippen molar-refractivity contribution < 1.29 is 9.21 Å². The minimum Gasteiger partial charge on any atom is -0.454 e. The average molecular weight is 402 g/mol. The summed E-state index contributed by atoms with van der Waals surface area (Å²) in [7, 11) is 0. The summed E-state index contributed by atoms with van der Waals surface area (Å²) in [6, 6.07) is 27.6. The van der Waals surface area contributed by atoms with Crippen molar-refractivity contribution in [2.75, 3.05) is 0 Å². The Hall–Kier alpha value is -4.18. The Balaban J connectivity index is 1.51. The molecule has 0 saturated heterocycles. The molecule has 3 aromatic carbocycles. The van der Waals surface area contributed by atoms with E-state index in [9.17, 15) is 4.79 Å². The van der Waals surface area contributed by atoms with Crippen LogP contribution in [0, 0.1) is 0 Å². The van der Waals surface area contributed by atoms with Crippen LogP contribution in [0.4, 0.5) is 0 Å². The number of rotatable bonds is 3. The quantitative estimate of drug-likeness (QED) is 0.342. The van der Waals surface area contributed by atoms with E-state index in [0.29, 0.717) is 12.2 Å². The molecule has 0 aliphatic heterocycles. The molecule has 2 aromatic heterocycles. The number of aromatic nitrogens is 2. The zero-order valence-corrected chi connectivity index (χ0v) is 16.7. The summed E-state index contributed by atoms with van der Waals surface area (Å²) in [6.45, 7) is 0. The Morgan fingerprint density at radius 2 is 1.68 bits per heavy atom. The second-order valence-electron chi connectivity index (χ2n) is 7.69. The average Bonchev–Trinajstić information content (AvgIpc) is 3.50. The number of benzene rings is 3. The van der Waals surface area contributed by atoms with Crippen molar-refractivity contribution in [3.63, 3.8) is 0 Å². The van der Waals surface area contributed by atoms with Gasteiger partial charge in [0.1, 0.15) is 11.3 Å². The minimum atomic E-state index is 0.0821. The summed E-state index contributed by atoms with van der Waals surface area (Å²) < 4.78 is 7.94. The maximum atomic E-state index is 12.9. The molecule has 0 atom stereocenters. The molecule has 4 heteroatoms. The molecule has 0 saturated carbocycles. The Morgan fingerprint density at radius 1 is 0.903 bits per heavy atom. The zero-order valence-electron chi connectivity index (χ0n) is 16.7. The lowest BCUT2D eigenvalue weighted by molar-refractivity contribution is 0.104. The van der Waals surface area contributed by atoms with Crippen LogP contribution >= 0.6 is 0 Å². The van der Waals surface area contributed by atoms with Crippen LogP contribution in [0.2, 0.25) is 0 Å². The van der Waals surface area contributed by atoms with Gasteiger partial charge in [-0.1, -0.05) is 60.7 Å². The van der Waals surface area contributed by atoms with Gasteiger partial charge in [-0.3, -0.25) is 4.79 Å². The van der Waals surface area contributed by atoms with Gasteiger partial charge < -0.3 is 4.42 Å². The fourth-order valence-electron chi connectivity index (χ4n) is 4.15. The topological polar surface area (TPSA) is 48.0 Å². The standard InChI is InChI=1S/C27H18N2O2/c30-27-20(14-18-8-4-6-12-23(18)27)15-21-17-29(22-10-2-1-3-11-22)28-26(21)25-16-19-9-5-7-13-24(19)31-25/h1-13,15-17H,14H2/b20-15+. The first-order valence-corrected chi connectivity index (χ1v) is 10.2. The molecular weight excluding hydrogens is 384 g/mol. The van der Waals surface area contributed by atoms with Gasteiger partial charge in [0, 0.05) is 34.7 Å². The summed E-state index contributed by atoms with van der Waals surface area (Å²) >= 11 is 0. The van der Waals surface area contributed by atoms with E-state index in [4.69, 9.17) is 9.52 Å². The number of ketones is 1. The number of fused-ring (bicyclic) bond motifs is 2. The Bertz CT molecular complexity index is 1440. The van der Waals surface area contributed by atoms with Crippen molar-refractivity contribution in [3.05, 3.63) is 113 Å². The highest BCUT2D eigenvalue weighted by atomic mass is 16.3. The smallest absolute Gasteiger partial charge is 0.189 e. The first-order valence-electron chi connectivity index (χ1n) is 10.2. The van der Waals surface area contributed by atoms with Crippen molar-refractivity contribution in [1.29, 1.82) is 0 Å². The van der Waals surface area contributed by atoms with Crippen LogP contribution < -0.4 is 0 Å². The molecule has 0 fully saturated rings. The number of Topliss-reactive ketones (excluding diaryl/α,β-unsaturated/α-hetero) is 1. The molecule has 1 aliphatic carbocycles. The molecule has 1 aliphatic rings. The van der Waals surface area contributed by atoms with Crippen LogP contribution in [0.3, 0.4) is 0 Å². The predicted molar refractivity (Wildman–Crippen MR) is 121 cm³/mol. The molecule has 5 aromatic rings. The molecule has 0 bridgehead atoms. The highest BCUT2D eigenvalue weighted by Gasteiger charge is 2.25. The summed E-state index contributed by atoms with van der Waals surface area (Å²) in [5.74, 6) is 0.768. The normalized spacial score (nSPS) is 14.5. The Morgan fingerprint density at radius 3 is 2.52 bits per heavy atom. The number of hydrogen-bond acceptors (Lipinski definition) is 3. The van der Waals surface area contributed by atoms with Crippen LogP contribution in [-0.4, -0.2) is 15.6 Å². The van der Waals surface area contributed by atoms with Gasteiger partial charge in [0.25, 0.3) is 0 Å². The van der Waals surface area contributed by atoms with Crippen LogP contribution in [-0.2, 0) is 6.42 Å². The lowest BCUT2D eigenvalue weighted by atomic mass is 10.1. The van der Waals surface area contributed by atoms with Gasteiger partial charge in [0.2, 0.25) is 0 Å². The van der Waals surface area contributed by atoms with Crippen LogP contribution in [0.5, 0.6) is 0 Å². The number of carbonyl (C=O) groups excluding carboxylic acids is 1. The lowest BCUT2D eigenvalue weighted by Gasteiger charge is -1.98. The number of carbonyl (C=O) groups is 1. The predicted octanol–water partition coefficient (Wildman–Crippen LogP) is 6.11. The van der Waals surface area contributed by atoms with Gasteiger partial charge in [0.05, 0.1) is 5.69 Å². The second-order valence-corrected chi connectivity index (χ2v) is 7.69. The van der Waals surface area contributed by atoms with Crippen LogP contribution in [0.25, 0.3) is 34.2 Å². The molecule has 0 radical (unpaired) electrons. The van der Waals surface area contributed by atoms with Crippen molar-refractivity contribution >= 4 is 22.8 Å². The molecular formula is C27H18N2O2. The van der Waals surface area contributed by atoms with E-state index < -0.39 is 0 Å². The van der Waals surface area contributed by atoms with Gasteiger partial charge in [-0.05, 0) is 35.9 Å². The van der Waals surface area contributed by atoms with Crippen molar-refractivity contribution in [2.24, 2.45) is 0 Å². The van der Waals surface area contributed by atoms with Gasteiger partial charge in [-0.2, -0.15) is 5.10 Å². The van der Waals surface area contributed by atoms with Gasteiger partial charge >= 0.3 is 0 Å². The highest BCUT2D eigenvalue weighted by Crippen LogP contribution is 2.33. The summed E-state index contributed by atoms with van der Waals surface area (Å²) in [6.07, 6.45) is 4.55. The molecule has 4 nitrogen and oxygen atoms in total. The fourth-order valence-corrected chi connectivity index (χ4v) is 4.15. The zero-order chi connectivity index (χ0) is 20.8. The second kappa shape index (κ2) is 6.96.